The van der Waals surface area contributed by atoms with Crippen LogP contribution in [-0.2, 0) is 19.8 Å². The van der Waals surface area contributed by atoms with E-state index in [1.54, 1.807) is 6.20 Å². The number of fused-ring (bicyclic) bond motifs is 1. The lowest BCUT2D eigenvalue weighted by Gasteiger charge is -2.43. The summed E-state index contributed by atoms with van der Waals surface area (Å²) in [5.74, 6) is -1.12. The molecule has 3 aliphatic rings. The number of Topliss-reactive ketones (excluding diaryl/α,β-unsaturated/α-hetero) is 2. The Morgan fingerprint density at radius 2 is 1.85 bits per heavy atom. The fourth-order valence-corrected chi connectivity index (χ4v) is 7.77. The molecule has 13 nitrogen and oxygen atoms in total. The van der Waals surface area contributed by atoms with Crippen LogP contribution in [-0.4, -0.2) is 118 Å². The third-order valence-corrected chi connectivity index (χ3v) is 10.3. The van der Waals surface area contributed by atoms with Gasteiger partial charge >= 0.3 is 0 Å². The Labute approximate surface area is 229 Å². The number of nitrogens with one attached hydrogen (secondary N) is 2. The number of carbonyl (C=O) groups excluding carboxylic acids is 2. The van der Waals surface area contributed by atoms with Crippen molar-refractivity contribution < 1.29 is 37.0 Å². The zero-order valence-electron chi connectivity index (χ0n) is 22.0. The van der Waals surface area contributed by atoms with Gasteiger partial charge < -0.3 is 25.4 Å². The first-order valence-electron chi connectivity index (χ1n) is 13.1. The lowest BCUT2D eigenvalue weighted by Crippen LogP contribution is -2.60. The van der Waals surface area contributed by atoms with E-state index < -0.39 is 64.3 Å². The molecule has 0 bridgehead atoms. The maximum atomic E-state index is 13.7. The van der Waals surface area contributed by atoms with Gasteiger partial charge in [-0.15, -0.1) is 0 Å². The zero-order valence-corrected chi connectivity index (χ0v) is 22.8. The first kappa shape index (κ1) is 28.9. The molecule has 2 unspecified atom stereocenters. The van der Waals surface area contributed by atoms with Gasteiger partial charge in [-0.2, -0.15) is 17.0 Å². The Hall–Kier alpha value is -2.63. The summed E-state index contributed by atoms with van der Waals surface area (Å²) >= 11 is 0. The van der Waals surface area contributed by atoms with Gasteiger partial charge in [0.25, 0.3) is 10.2 Å². The van der Waals surface area contributed by atoms with Crippen LogP contribution in [0.25, 0.3) is 11.0 Å². The predicted molar refractivity (Wildman–Crippen MR) is 139 cm³/mol. The Kier molecular flexibility index (Phi) is 7.69. The van der Waals surface area contributed by atoms with Gasteiger partial charge in [-0.1, -0.05) is 0 Å². The molecule has 4 N–H and O–H groups in total. The minimum atomic E-state index is -3.96. The SMILES string of the molecule is CN(C[C@@H]1CC(C(=O)CC(O)F)(C(=O)CC(O)F)CN1)S(=O)(=O)N1CCN(c2ncnc3[nH]ccc23)CC12CC2. The number of rotatable bonds is 11. The molecule has 0 aromatic carbocycles. The van der Waals surface area contributed by atoms with Gasteiger partial charge in [0, 0.05) is 52.0 Å². The van der Waals surface area contributed by atoms with E-state index in [4.69, 9.17) is 10.2 Å². The largest absolute Gasteiger partial charge is 0.364 e. The van der Waals surface area contributed by atoms with Crippen LogP contribution in [0.15, 0.2) is 18.6 Å². The number of piperazine rings is 1. The second-order valence-corrected chi connectivity index (χ2v) is 12.9. The smallest absolute Gasteiger partial charge is 0.282 e. The number of H-pyrrole nitrogens is 1. The van der Waals surface area contributed by atoms with Crippen LogP contribution in [0.3, 0.4) is 0 Å². The van der Waals surface area contributed by atoms with E-state index in [0.717, 1.165) is 15.5 Å². The van der Waals surface area contributed by atoms with Gasteiger partial charge in [0.15, 0.2) is 11.6 Å². The third-order valence-electron chi connectivity index (χ3n) is 8.26. The number of aromatic amines is 1. The Morgan fingerprint density at radius 1 is 1.18 bits per heavy atom. The fourth-order valence-electron chi connectivity index (χ4n) is 6.03. The lowest BCUT2D eigenvalue weighted by atomic mass is 9.75. The zero-order chi connectivity index (χ0) is 28.9. The van der Waals surface area contributed by atoms with Crippen LogP contribution < -0.4 is 10.2 Å². The van der Waals surface area contributed by atoms with Crippen LogP contribution in [0.2, 0.25) is 0 Å². The summed E-state index contributed by atoms with van der Waals surface area (Å²) in [4.78, 5) is 39.3. The first-order chi connectivity index (χ1) is 18.9. The number of nitrogens with zero attached hydrogens (tertiary/aromatic N) is 5. The van der Waals surface area contributed by atoms with Gasteiger partial charge in [-0.05, 0) is 25.3 Å². The second kappa shape index (κ2) is 10.6. The second-order valence-electron chi connectivity index (χ2n) is 10.9. The number of halogens is 2. The molecule has 3 fully saturated rings. The number of carbonyl (C=O) groups is 2. The number of aliphatic hydroxyl groups is 2. The third kappa shape index (κ3) is 5.23. The number of alkyl halides is 2. The van der Waals surface area contributed by atoms with Gasteiger partial charge in [-0.3, -0.25) is 9.59 Å². The first-order valence-corrected chi connectivity index (χ1v) is 14.5. The van der Waals surface area contributed by atoms with Crippen molar-refractivity contribution in [2.24, 2.45) is 5.41 Å². The summed E-state index contributed by atoms with van der Waals surface area (Å²) in [6.07, 6.45) is -2.54. The van der Waals surface area contributed by atoms with E-state index in [1.165, 1.54) is 17.7 Å². The highest BCUT2D eigenvalue weighted by Crippen LogP contribution is 2.47. The van der Waals surface area contributed by atoms with Crippen molar-refractivity contribution in [3.05, 3.63) is 18.6 Å². The molecular weight excluding hydrogens is 552 g/mol. The molecule has 2 aliphatic heterocycles. The molecule has 0 amide bonds. The average Bonchev–Trinajstić information content (AvgIpc) is 3.28. The van der Waals surface area contributed by atoms with Crippen molar-refractivity contribution in [2.75, 3.05) is 44.7 Å². The van der Waals surface area contributed by atoms with E-state index in [1.807, 2.05) is 6.07 Å². The summed E-state index contributed by atoms with van der Waals surface area (Å²) in [5, 5.41) is 21.9. The molecule has 3 atom stereocenters. The highest BCUT2D eigenvalue weighted by molar-refractivity contribution is 7.86. The van der Waals surface area contributed by atoms with Gasteiger partial charge in [-0.25, -0.2) is 18.7 Å². The molecule has 0 radical (unpaired) electrons. The summed E-state index contributed by atoms with van der Waals surface area (Å²) in [5.41, 5.74) is -1.77. The van der Waals surface area contributed by atoms with E-state index in [2.05, 4.69) is 25.2 Å². The van der Waals surface area contributed by atoms with E-state index >= 15 is 0 Å². The molecule has 220 valence electrons. The van der Waals surface area contributed by atoms with Crippen molar-refractivity contribution >= 4 is 38.6 Å². The summed E-state index contributed by atoms with van der Waals surface area (Å²) in [6.45, 7) is 0.717. The number of anilines is 1. The highest BCUT2D eigenvalue weighted by atomic mass is 32.2. The molecular formula is C24H33F2N7O6S. The quantitative estimate of drug-likeness (QED) is 0.255. The number of aromatic nitrogens is 3. The lowest BCUT2D eigenvalue weighted by molar-refractivity contribution is -0.144. The van der Waals surface area contributed by atoms with Crippen LogP contribution in [0, 0.1) is 5.41 Å². The van der Waals surface area contributed by atoms with Crippen molar-refractivity contribution in [3.63, 3.8) is 0 Å². The maximum absolute atomic E-state index is 13.7. The Bertz CT molecular complexity index is 1360. The van der Waals surface area contributed by atoms with Crippen molar-refractivity contribution in [3.8, 4) is 0 Å². The van der Waals surface area contributed by atoms with E-state index in [-0.39, 0.29) is 26.1 Å². The van der Waals surface area contributed by atoms with Crippen LogP contribution in [0.1, 0.15) is 32.1 Å². The van der Waals surface area contributed by atoms with E-state index in [0.29, 0.717) is 31.6 Å². The normalized spacial score (nSPS) is 26.4. The minimum Gasteiger partial charge on any atom is -0.364 e. The Morgan fingerprint density at radius 3 is 2.48 bits per heavy atom. The number of ketones is 2. The van der Waals surface area contributed by atoms with Crippen LogP contribution in [0.5, 0.6) is 0 Å². The number of aliphatic hydroxyl groups excluding tert-OH is 2. The molecule has 1 saturated carbocycles. The highest BCUT2D eigenvalue weighted by Gasteiger charge is 2.57. The van der Waals surface area contributed by atoms with Crippen molar-refractivity contribution in [1.29, 1.82) is 0 Å². The number of likely N-dealkylation sites (N-methyl/N-ethyl adjacent to an activating group) is 1. The molecule has 4 heterocycles. The Balaban J connectivity index is 1.28. The van der Waals surface area contributed by atoms with Crippen LogP contribution in [0.4, 0.5) is 14.6 Å². The van der Waals surface area contributed by atoms with E-state index in [9.17, 15) is 26.8 Å². The van der Waals surface area contributed by atoms with Crippen molar-refractivity contribution in [1.82, 2.24) is 28.9 Å². The minimum absolute atomic E-state index is 0.104. The van der Waals surface area contributed by atoms with Gasteiger partial charge in [0.2, 0.25) is 12.7 Å². The monoisotopic (exact) mass is 585 g/mol. The molecule has 16 heteroatoms. The predicted octanol–water partition coefficient (Wildman–Crippen LogP) is -0.368. The summed E-state index contributed by atoms with van der Waals surface area (Å²) < 4.78 is 56.6. The van der Waals surface area contributed by atoms with Gasteiger partial charge in [0.05, 0.1) is 23.8 Å². The molecule has 40 heavy (non-hydrogen) atoms. The summed E-state index contributed by atoms with van der Waals surface area (Å²) in [6, 6.07) is 1.20. The molecule has 2 aromatic rings. The maximum Gasteiger partial charge on any atom is 0.282 e. The summed E-state index contributed by atoms with van der Waals surface area (Å²) in [7, 11) is -2.55. The van der Waals surface area contributed by atoms with Gasteiger partial charge in [0.1, 0.15) is 23.2 Å². The molecule has 5 rings (SSSR count). The standard InChI is InChI=1S/C24H33F2N7O6S/c1-31(11-15-10-24(12-28-15,17(34)8-19(25)36)18(35)9-20(26)37)40(38,39)33-7-6-32(13-23(33)3-4-23)22-16-2-5-27-21(16)29-14-30-22/h2,5,14-15,19-20,28,36-37H,3-4,6-13H2,1H3,(H,27,29,30)/t15-,19?,20?,24?/m0/s1. The number of hydrogen-bond acceptors (Lipinski definition) is 10. The fraction of sp³-hybridized carbons (Fsp3) is 0.667. The molecule has 2 saturated heterocycles. The molecule has 2 aromatic heterocycles. The average molecular weight is 586 g/mol. The van der Waals surface area contributed by atoms with Crippen molar-refractivity contribution in [2.45, 2.75) is 56.4 Å². The van der Waals surface area contributed by atoms with Crippen LogP contribution >= 0.6 is 0 Å². The number of hydrogen-bond donors (Lipinski definition) is 4. The molecule has 1 aliphatic carbocycles. The topological polar surface area (TPSA) is 172 Å². The molecule has 1 spiro atoms.